The molecule has 0 aliphatic carbocycles. The summed E-state index contributed by atoms with van der Waals surface area (Å²) < 4.78 is 1.75. The third-order valence-electron chi connectivity index (χ3n) is 3.32. The van der Waals surface area contributed by atoms with Crippen LogP contribution in [0.4, 0.5) is 0 Å². The third-order valence-corrected chi connectivity index (χ3v) is 3.32. The number of nitriles is 1. The van der Waals surface area contributed by atoms with Crippen LogP contribution in [0.1, 0.15) is 15.9 Å². The third kappa shape index (κ3) is 2.60. The first-order chi connectivity index (χ1) is 10.1. The van der Waals surface area contributed by atoms with Crippen molar-refractivity contribution >= 4 is 46.4 Å². The SMILES string of the molecule is N#Cc1cn(-c2ccc(C(=O)O)c(O)c2)c2ccccc12.[NaH]. The van der Waals surface area contributed by atoms with E-state index < -0.39 is 5.97 Å². The molecule has 0 aliphatic rings. The number of aromatic nitrogens is 1. The van der Waals surface area contributed by atoms with Crippen LogP contribution in [0, 0.1) is 11.3 Å². The molecule has 0 atom stereocenters. The van der Waals surface area contributed by atoms with Crippen LogP contribution in [0.15, 0.2) is 48.7 Å². The van der Waals surface area contributed by atoms with Crippen molar-refractivity contribution < 1.29 is 15.0 Å². The Balaban J connectivity index is 0.00000176. The number of carbonyl (C=O) groups is 1. The Kier molecular flexibility index (Phi) is 4.57. The van der Waals surface area contributed by atoms with Gasteiger partial charge < -0.3 is 14.8 Å². The van der Waals surface area contributed by atoms with E-state index in [1.54, 1.807) is 16.8 Å². The average Bonchev–Trinajstić information content (AvgIpc) is 2.85. The molecule has 0 fully saturated rings. The first kappa shape index (κ1) is 16.1. The van der Waals surface area contributed by atoms with Crippen molar-refractivity contribution in [2.45, 2.75) is 0 Å². The number of aromatic hydroxyl groups is 1. The minimum atomic E-state index is -1.19. The Labute approximate surface area is 148 Å². The van der Waals surface area contributed by atoms with Crippen LogP contribution in [-0.4, -0.2) is 50.3 Å². The summed E-state index contributed by atoms with van der Waals surface area (Å²) in [7, 11) is 0. The first-order valence-corrected chi connectivity index (χ1v) is 6.18. The van der Waals surface area contributed by atoms with Crippen molar-refractivity contribution in [3.8, 4) is 17.5 Å². The number of aromatic carboxylic acids is 1. The van der Waals surface area contributed by atoms with E-state index in [-0.39, 0.29) is 40.9 Å². The summed E-state index contributed by atoms with van der Waals surface area (Å²) >= 11 is 0. The second kappa shape index (κ2) is 6.24. The van der Waals surface area contributed by atoms with Crippen molar-refractivity contribution in [1.82, 2.24) is 4.57 Å². The van der Waals surface area contributed by atoms with Crippen molar-refractivity contribution in [1.29, 1.82) is 5.26 Å². The molecule has 2 aromatic carbocycles. The molecule has 0 unspecified atom stereocenters. The fourth-order valence-corrected chi connectivity index (χ4v) is 2.33. The first-order valence-electron chi connectivity index (χ1n) is 6.18. The number of rotatable bonds is 2. The molecule has 3 aromatic rings. The van der Waals surface area contributed by atoms with E-state index in [2.05, 4.69) is 6.07 Å². The van der Waals surface area contributed by atoms with Gasteiger partial charge in [0.2, 0.25) is 0 Å². The van der Waals surface area contributed by atoms with E-state index in [1.165, 1.54) is 12.1 Å². The van der Waals surface area contributed by atoms with Gasteiger partial charge in [0, 0.05) is 23.3 Å². The summed E-state index contributed by atoms with van der Waals surface area (Å²) in [6.45, 7) is 0. The van der Waals surface area contributed by atoms with Crippen LogP contribution >= 0.6 is 0 Å². The number of hydrogen-bond donors (Lipinski definition) is 2. The van der Waals surface area contributed by atoms with Gasteiger partial charge in [-0.3, -0.25) is 0 Å². The topological polar surface area (TPSA) is 86.2 Å². The normalized spacial score (nSPS) is 9.95. The van der Waals surface area contributed by atoms with Crippen LogP contribution in [0.3, 0.4) is 0 Å². The summed E-state index contributed by atoms with van der Waals surface area (Å²) in [5, 5.41) is 28.7. The number of para-hydroxylation sites is 1. The molecule has 104 valence electrons. The van der Waals surface area contributed by atoms with E-state index in [1.807, 2.05) is 24.3 Å². The van der Waals surface area contributed by atoms with Gasteiger partial charge in [0.1, 0.15) is 17.4 Å². The average molecular weight is 302 g/mol. The van der Waals surface area contributed by atoms with Gasteiger partial charge in [0.25, 0.3) is 0 Å². The monoisotopic (exact) mass is 302 g/mol. The molecule has 0 amide bonds. The Bertz CT molecular complexity index is 909. The molecule has 3 rings (SSSR count). The molecule has 0 aliphatic heterocycles. The summed E-state index contributed by atoms with van der Waals surface area (Å²) in [4.78, 5) is 10.9. The molecule has 0 spiro atoms. The second-order valence-electron chi connectivity index (χ2n) is 4.55. The molecule has 0 saturated carbocycles. The van der Waals surface area contributed by atoms with E-state index in [9.17, 15) is 15.2 Å². The molecule has 1 heterocycles. The predicted molar refractivity (Wildman–Crippen MR) is 83.8 cm³/mol. The minimum absolute atomic E-state index is 0. The van der Waals surface area contributed by atoms with Gasteiger partial charge in [-0.1, -0.05) is 18.2 Å². The van der Waals surface area contributed by atoms with Crippen molar-refractivity contribution in [2.24, 2.45) is 0 Å². The van der Waals surface area contributed by atoms with Gasteiger partial charge in [0.15, 0.2) is 0 Å². The summed E-state index contributed by atoms with van der Waals surface area (Å²) in [5.74, 6) is -1.49. The number of phenols is 1. The zero-order chi connectivity index (χ0) is 15.0. The summed E-state index contributed by atoms with van der Waals surface area (Å²) in [6.07, 6.45) is 1.67. The van der Waals surface area contributed by atoms with Crippen LogP contribution < -0.4 is 0 Å². The quantitative estimate of drug-likeness (QED) is 0.711. The van der Waals surface area contributed by atoms with Crippen molar-refractivity contribution in [2.75, 3.05) is 0 Å². The zero-order valence-corrected chi connectivity index (χ0v) is 10.8. The predicted octanol–water partition coefficient (Wildman–Crippen LogP) is 2.26. The molecule has 5 nitrogen and oxygen atoms in total. The molecule has 0 bridgehead atoms. The zero-order valence-electron chi connectivity index (χ0n) is 10.8. The number of carboxylic acids is 1. The standard InChI is InChI=1S/C16H10N2O3.Na.H/c17-8-10-9-18(14-4-2-1-3-12(10)14)11-5-6-13(16(20)21)15(19)7-11;;/h1-7,9,19H,(H,20,21);;. The molecule has 1 aromatic heterocycles. The van der Waals surface area contributed by atoms with E-state index in [0.717, 1.165) is 10.9 Å². The second-order valence-corrected chi connectivity index (χ2v) is 4.55. The van der Waals surface area contributed by atoms with Gasteiger partial charge in [-0.2, -0.15) is 5.26 Å². The number of benzene rings is 2. The van der Waals surface area contributed by atoms with Gasteiger partial charge in [-0.05, 0) is 18.2 Å². The Morgan fingerprint density at radius 2 is 1.91 bits per heavy atom. The maximum absolute atomic E-state index is 10.9. The fourth-order valence-electron chi connectivity index (χ4n) is 2.33. The molecular weight excluding hydrogens is 291 g/mol. The number of nitrogens with zero attached hydrogens (tertiary/aromatic N) is 2. The number of fused-ring (bicyclic) bond motifs is 1. The van der Waals surface area contributed by atoms with Gasteiger partial charge in [0.05, 0.1) is 11.1 Å². The summed E-state index contributed by atoms with van der Waals surface area (Å²) in [5.41, 5.74) is 1.77. The van der Waals surface area contributed by atoms with Crippen LogP contribution in [0.25, 0.3) is 16.6 Å². The van der Waals surface area contributed by atoms with E-state index >= 15 is 0 Å². The Morgan fingerprint density at radius 1 is 1.18 bits per heavy atom. The number of hydrogen-bond acceptors (Lipinski definition) is 3. The molecule has 6 heteroatoms. The molecule has 0 saturated heterocycles. The van der Waals surface area contributed by atoms with Crippen molar-refractivity contribution in [3.05, 3.63) is 59.8 Å². The van der Waals surface area contributed by atoms with Crippen LogP contribution in [0.5, 0.6) is 5.75 Å². The van der Waals surface area contributed by atoms with E-state index in [4.69, 9.17) is 5.11 Å². The van der Waals surface area contributed by atoms with Gasteiger partial charge in [-0.15, -0.1) is 0 Å². The maximum atomic E-state index is 10.9. The van der Waals surface area contributed by atoms with E-state index in [0.29, 0.717) is 11.3 Å². The number of carboxylic acid groups (broad SMARTS) is 1. The van der Waals surface area contributed by atoms with Gasteiger partial charge >= 0.3 is 35.5 Å². The van der Waals surface area contributed by atoms with Crippen LogP contribution in [0.2, 0.25) is 0 Å². The van der Waals surface area contributed by atoms with Crippen molar-refractivity contribution in [3.63, 3.8) is 0 Å². The molecule has 0 radical (unpaired) electrons. The molecule has 22 heavy (non-hydrogen) atoms. The fraction of sp³-hybridized carbons (Fsp3) is 0. The Morgan fingerprint density at radius 3 is 2.55 bits per heavy atom. The summed E-state index contributed by atoms with van der Waals surface area (Å²) in [6, 6.07) is 13.8. The van der Waals surface area contributed by atoms with Crippen LogP contribution in [-0.2, 0) is 0 Å². The van der Waals surface area contributed by atoms with Gasteiger partial charge in [-0.25, -0.2) is 4.79 Å². The molecule has 2 N–H and O–H groups in total. The Hall–Kier alpha value is -2.26. The molecular formula is C16H11N2NaO3.